The van der Waals surface area contributed by atoms with Crippen LogP contribution in [0.4, 0.5) is 0 Å². The lowest BCUT2D eigenvalue weighted by Gasteiger charge is -2.32. The summed E-state index contributed by atoms with van der Waals surface area (Å²) in [5.41, 5.74) is 0. The minimum Gasteiger partial charge on any atom is -0.378 e. The van der Waals surface area contributed by atoms with E-state index in [0.29, 0.717) is 39.3 Å². The Labute approximate surface area is 108 Å². The van der Waals surface area contributed by atoms with Crippen LogP contribution in [0, 0.1) is 0 Å². The number of ether oxygens (including phenoxy) is 1. The summed E-state index contributed by atoms with van der Waals surface area (Å²) in [4.78, 5) is 14.1. The molecular formula is C11H20N2O4S. The minimum atomic E-state index is -3.28. The SMILES string of the molecule is CCS(=O)(=O)N1CCC[C@@H]1C(=O)N1CCOCC1. The molecule has 0 aliphatic carbocycles. The molecule has 0 spiro atoms. The van der Waals surface area contributed by atoms with Crippen molar-refractivity contribution in [3.8, 4) is 0 Å². The fourth-order valence-corrected chi connectivity index (χ4v) is 3.80. The summed E-state index contributed by atoms with van der Waals surface area (Å²) in [6.45, 7) is 4.30. The van der Waals surface area contributed by atoms with E-state index >= 15 is 0 Å². The molecule has 0 N–H and O–H groups in total. The van der Waals surface area contributed by atoms with Gasteiger partial charge in [-0.25, -0.2) is 8.42 Å². The van der Waals surface area contributed by atoms with Crippen molar-refractivity contribution in [2.45, 2.75) is 25.8 Å². The molecule has 104 valence electrons. The van der Waals surface area contributed by atoms with Crippen LogP contribution in [0.15, 0.2) is 0 Å². The van der Waals surface area contributed by atoms with E-state index in [9.17, 15) is 13.2 Å². The molecule has 2 fully saturated rings. The maximum absolute atomic E-state index is 12.3. The molecule has 0 aromatic carbocycles. The van der Waals surface area contributed by atoms with Gasteiger partial charge in [0.1, 0.15) is 6.04 Å². The summed E-state index contributed by atoms with van der Waals surface area (Å²) in [6, 6.07) is -0.493. The van der Waals surface area contributed by atoms with E-state index in [2.05, 4.69) is 0 Å². The van der Waals surface area contributed by atoms with E-state index in [1.54, 1.807) is 11.8 Å². The van der Waals surface area contributed by atoms with E-state index in [1.165, 1.54) is 4.31 Å². The van der Waals surface area contributed by atoms with Crippen LogP contribution in [0.5, 0.6) is 0 Å². The van der Waals surface area contributed by atoms with Gasteiger partial charge in [-0.1, -0.05) is 0 Å². The van der Waals surface area contributed by atoms with Gasteiger partial charge in [0.15, 0.2) is 0 Å². The number of rotatable bonds is 3. The molecule has 2 aliphatic rings. The van der Waals surface area contributed by atoms with Crippen LogP contribution in [0.25, 0.3) is 0 Å². The van der Waals surface area contributed by atoms with E-state index in [0.717, 1.165) is 6.42 Å². The first-order chi connectivity index (χ1) is 8.56. The van der Waals surface area contributed by atoms with Gasteiger partial charge in [-0.05, 0) is 19.8 Å². The standard InChI is InChI=1S/C11H20N2O4S/c1-2-18(15,16)13-5-3-4-10(13)11(14)12-6-8-17-9-7-12/h10H,2-9H2,1H3/t10-/m1/s1. The molecule has 0 radical (unpaired) electrons. The molecule has 2 rings (SSSR count). The van der Waals surface area contributed by atoms with Gasteiger partial charge in [-0.15, -0.1) is 0 Å². The second-order valence-corrected chi connectivity index (χ2v) is 6.82. The normalized spacial score (nSPS) is 26.5. The van der Waals surface area contributed by atoms with Crippen LogP contribution in [-0.2, 0) is 19.6 Å². The van der Waals surface area contributed by atoms with Gasteiger partial charge in [0.05, 0.1) is 19.0 Å². The average molecular weight is 276 g/mol. The molecule has 1 atom stereocenters. The van der Waals surface area contributed by atoms with Gasteiger partial charge < -0.3 is 9.64 Å². The highest BCUT2D eigenvalue weighted by atomic mass is 32.2. The lowest BCUT2D eigenvalue weighted by Crippen LogP contribution is -2.51. The Balaban J connectivity index is 2.09. The molecule has 0 aromatic rings. The number of carbonyl (C=O) groups is 1. The van der Waals surface area contributed by atoms with Crippen molar-refractivity contribution < 1.29 is 17.9 Å². The summed E-state index contributed by atoms with van der Waals surface area (Å²) in [5.74, 6) is -0.00675. The van der Waals surface area contributed by atoms with Crippen molar-refractivity contribution in [3.63, 3.8) is 0 Å². The van der Waals surface area contributed by atoms with Crippen molar-refractivity contribution in [3.05, 3.63) is 0 Å². The lowest BCUT2D eigenvalue weighted by molar-refractivity contribution is -0.138. The Morgan fingerprint density at radius 3 is 2.56 bits per heavy atom. The highest BCUT2D eigenvalue weighted by Gasteiger charge is 2.39. The Hall–Kier alpha value is -0.660. The van der Waals surface area contributed by atoms with Crippen molar-refractivity contribution in [1.82, 2.24) is 9.21 Å². The zero-order valence-electron chi connectivity index (χ0n) is 10.7. The molecule has 2 saturated heterocycles. The lowest BCUT2D eigenvalue weighted by atomic mass is 10.2. The topological polar surface area (TPSA) is 66.9 Å². The molecule has 1 amide bonds. The number of sulfonamides is 1. The summed E-state index contributed by atoms with van der Waals surface area (Å²) in [5, 5.41) is 0. The predicted molar refractivity (Wildman–Crippen MR) is 66.6 cm³/mol. The molecule has 0 saturated carbocycles. The number of hydrogen-bond donors (Lipinski definition) is 0. The van der Waals surface area contributed by atoms with Crippen LogP contribution < -0.4 is 0 Å². The third-order valence-electron chi connectivity index (χ3n) is 3.53. The zero-order chi connectivity index (χ0) is 13.2. The second kappa shape index (κ2) is 5.54. The first-order valence-electron chi connectivity index (χ1n) is 6.42. The third kappa shape index (κ3) is 2.67. The van der Waals surface area contributed by atoms with Crippen LogP contribution in [0.2, 0.25) is 0 Å². The van der Waals surface area contributed by atoms with Gasteiger partial charge in [-0.3, -0.25) is 4.79 Å². The van der Waals surface area contributed by atoms with E-state index in [4.69, 9.17) is 4.74 Å². The predicted octanol–water partition coefficient (Wildman–Crippen LogP) is -0.341. The Morgan fingerprint density at radius 2 is 1.94 bits per heavy atom. The Morgan fingerprint density at radius 1 is 1.28 bits per heavy atom. The maximum atomic E-state index is 12.3. The number of carbonyl (C=O) groups excluding carboxylic acids is 1. The summed E-state index contributed by atoms with van der Waals surface area (Å²) in [7, 11) is -3.28. The summed E-state index contributed by atoms with van der Waals surface area (Å²) >= 11 is 0. The molecule has 0 unspecified atom stereocenters. The molecule has 0 bridgehead atoms. The second-order valence-electron chi connectivity index (χ2n) is 4.61. The molecule has 7 heteroatoms. The monoisotopic (exact) mass is 276 g/mol. The molecule has 0 aromatic heterocycles. The van der Waals surface area contributed by atoms with Crippen LogP contribution in [0.1, 0.15) is 19.8 Å². The molecule has 6 nitrogen and oxygen atoms in total. The quantitative estimate of drug-likeness (QED) is 0.707. The molecule has 2 heterocycles. The number of amides is 1. The number of hydrogen-bond acceptors (Lipinski definition) is 4. The van der Waals surface area contributed by atoms with Crippen molar-refractivity contribution in [1.29, 1.82) is 0 Å². The largest absolute Gasteiger partial charge is 0.378 e. The first-order valence-corrected chi connectivity index (χ1v) is 8.03. The van der Waals surface area contributed by atoms with E-state index in [1.807, 2.05) is 0 Å². The highest BCUT2D eigenvalue weighted by Crippen LogP contribution is 2.23. The Bertz CT molecular complexity index is 403. The average Bonchev–Trinajstić information content (AvgIpc) is 2.89. The molecule has 2 aliphatic heterocycles. The van der Waals surface area contributed by atoms with Crippen molar-refractivity contribution in [2.24, 2.45) is 0 Å². The fourth-order valence-electron chi connectivity index (χ4n) is 2.48. The Kier molecular flexibility index (Phi) is 4.24. The van der Waals surface area contributed by atoms with E-state index in [-0.39, 0.29) is 11.7 Å². The molecule has 18 heavy (non-hydrogen) atoms. The minimum absolute atomic E-state index is 0.0554. The summed E-state index contributed by atoms with van der Waals surface area (Å²) < 4.78 is 30.4. The van der Waals surface area contributed by atoms with Gasteiger partial charge >= 0.3 is 0 Å². The smallest absolute Gasteiger partial charge is 0.241 e. The maximum Gasteiger partial charge on any atom is 0.241 e. The third-order valence-corrected chi connectivity index (χ3v) is 5.41. The highest BCUT2D eigenvalue weighted by molar-refractivity contribution is 7.89. The first kappa shape index (κ1) is 13.8. The fraction of sp³-hybridized carbons (Fsp3) is 0.909. The van der Waals surface area contributed by atoms with Gasteiger partial charge in [-0.2, -0.15) is 4.31 Å². The number of morpholine rings is 1. The van der Waals surface area contributed by atoms with Crippen LogP contribution >= 0.6 is 0 Å². The number of nitrogens with zero attached hydrogens (tertiary/aromatic N) is 2. The van der Waals surface area contributed by atoms with Crippen LogP contribution in [-0.4, -0.2) is 68.2 Å². The van der Waals surface area contributed by atoms with Gasteiger partial charge in [0, 0.05) is 19.6 Å². The van der Waals surface area contributed by atoms with Gasteiger partial charge in [0.2, 0.25) is 15.9 Å². The van der Waals surface area contributed by atoms with E-state index < -0.39 is 16.1 Å². The van der Waals surface area contributed by atoms with Gasteiger partial charge in [0.25, 0.3) is 0 Å². The molecular weight excluding hydrogens is 256 g/mol. The van der Waals surface area contributed by atoms with Crippen molar-refractivity contribution in [2.75, 3.05) is 38.6 Å². The van der Waals surface area contributed by atoms with Crippen molar-refractivity contribution >= 4 is 15.9 Å². The summed E-state index contributed by atoms with van der Waals surface area (Å²) in [6.07, 6.45) is 1.40. The zero-order valence-corrected chi connectivity index (χ0v) is 11.5. The van der Waals surface area contributed by atoms with Crippen LogP contribution in [0.3, 0.4) is 0 Å².